The number of hydrogen-bond acceptors (Lipinski definition) is 4. The second-order valence-corrected chi connectivity index (χ2v) is 9.29. The van der Waals surface area contributed by atoms with Crippen LogP contribution in [-0.2, 0) is 23.2 Å². The summed E-state index contributed by atoms with van der Waals surface area (Å²) in [7, 11) is 0. The van der Waals surface area contributed by atoms with Gasteiger partial charge in [0, 0.05) is 11.1 Å². The molecule has 3 aromatic rings. The van der Waals surface area contributed by atoms with Gasteiger partial charge in [-0.1, -0.05) is 48.0 Å². The summed E-state index contributed by atoms with van der Waals surface area (Å²) >= 11 is 0. The van der Waals surface area contributed by atoms with Crippen LogP contribution in [0.5, 0.6) is 5.75 Å². The number of carbonyl (C=O) groups excluding carboxylic acids is 2. The van der Waals surface area contributed by atoms with Gasteiger partial charge in [-0.05, 0) is 68.0 Å². The summed E-state index contributed by atoms with van der Waals surface area (Å²) in [5.74, 6) is 0.0210. The van der Waals surface area contributed by atoms with E-state index in [4.69, 9.17) is 4.74 Å². The number of aryl methyl sites for hydroxylation is 3. The van der Waals surface area contributed by atoms with E-state index < -0.39 is 11.5 Å². The number of rotatable bonds is 7. The highest BCUT2D eigenvalue weighted by molar-refractivity contribution is 6.10. The molecule has 3 aromatic carbocycles. The molecule has 0 bridgehead atoms. The monoisotopic (exact) mass is 455 g/mol. The molecule has 1 aliphatic heterocycles. The first-order valence-corrected chi connectivity index (χ1v) is 11.9. The number of aliphatic hydroxyl groups is 1. The number of nitrogens with zero attached hydrogens (tertiary/aromatic N) is 1. The molecule has 5 nitrogen and oxygen atoms in total. The zero-order valence-electron chi connectivity index (χ0n) is 19.4. The Bertz CT molecular complexity index is 1230. The number of para-hydroxylation sites is 1. The van der Waals surface area contributed by atoms with Gasteiger partial charge in [0.15, 0.2) is 11.4 Å². The zero-order valence-corrected chi connectivity index (χ0v) is 19.4. The number of carbonyl (C=O) groups is 2. The van der Waals surface area contributed by atoms with Gasteiger partial charge in [0.05, 0.1) is 18.7 Å². The van der Waals surface area contributed by atoms with Gasteiger partial charge in [0.2, 0.25) is 0 Å². The van der Waals surface area contributed by atoms with Crippen LogP contribution in [0.2, 0.25) is 0 Å². The van der Waals surface area contributed by atoms with Crippen LogP contribution in [0.25, 0.3) is 0 Å². The van der Waals surface area contributed by atoms with E-state index >= 15 is 0 Å². The van der Waals surface area contributed by atoms with E-state index in [0.29, 0.717) is 16.8 Å². The number of anilines is 1. The normalized spacial score (nSPS) is 19.0. The molecule has 1 N–H and O–H groups in total. The van der Waals surface area contributed by atoms with Crippen molar-refractivity contribution in [2.45, 2.75) is 44.6 Å². The summed E-state index contributed by atoms with van der Waals surface area (Å²) in [4.78, 5) is 28.2. The van der Waals surface area contributed by atoms with Gasteiger partial charge in [-0.15, -0.1) is 0 Å². The number of ketones is 1. The van der Waals surface area contributed by atoms with E-state index in [2.05, 4.69) is 0 Å². The van der Waals surface area contributed by atoms with Crippen molar-refractivity contribution >= 4 is 17.4 Å². The fraction of sp³-hybridized carbons (Fsp3) is 0.310. The summed E-state index contributed by atoms with van der Waals surface area (Å²) in [6.45, 7) is 2.56. The largest absolute Gasteiger partial charge is 0.492 e. The van der Waals surface area contributed by atoms with E-state index in [1.165, 1.54) is 22.4 Å². The lowest BCUT2D eigenvalue weighted by atomic mass is 9.85. The first-order chi connectivity index (χ1) is 16.5. The number of Topliss-reactive ketones (excluding diaryl/α,β-unsaturated/α-hetero) is 1. The smallest absolute Gasteiger partial charge is 0.264 e. The molecule has 0 aromatic heterocycles. The quantitative estimate of drug-likeness (QED) is 0.522. The number of hydrogen-bond donors (Lipinski definition) is 1. The van der Waals surface area contributed by atoms with Gasteiger partial charge in [0.25, 0.3) is 5.91 Å². The minimum Gasteiger partial charge on any atom is -0.492 e. The van der Waals surface area contributed by atoms with Crippen LogP contribution in [0.4, 0.5) is 5.69 Å². The Kier molecular flexibility index (Phi) is 5.96. The van der Waals surface area contributed by atoms with Crippen molar-refractivity contribution in [3.05, 3.63) is 94.5 Å². The lowest BCUT2D eigenvalue weighted by molar-refractivity contribution is -0.135. The Balaban J connectivity index is 1.34. The average Bonchev–Trinajstić information content (AvgIpc) is 3.06. The fourth-order valence-electron chi connectivity index (χ4n) is 5.03. The van der Waals surface area contributed by atoms with Gasteiger partial charge < -0.3 is 14.7 Å². The van der Waals surface area contributed by atoms with Gasteiger partial charge in [-0.3, -0.25) is 9.59 Å². The molecule has 0 radical (unpaired) electrons. The van der Waals surface area contributed by atoms with E-state index in [0.717, 1.165) is 30.6 Å². The molecule has 0 fully saturated rings. The second-order valence-electron chi connectivity index (χ2n) is 9.29. The molecule has 174 valence electrons. The zero-order chi connectivity index (χ0) is 23.7. The fourth-order valence-corrected chi connectivity index (χ4v) is 5.03. The lowest BCUT2D eigenvalue weighted by Crippen LogP contribution is -2.43. The molecule has 2 aliphatic rings. The maximum Gasteiger partial charge on any atom is 0.264 e. The van der Waals surface area contributed by atoms with Crippen LogP contribution < -0.4 is 9.64 Å². The standard InChI is InChI=1S/C29H29NO4/c1-20-10-14-24(15-11-20)34-17-16-30-26-9-5-4-8-25(26)29(33,28(30)32)19-27(31)23-13-12-21-6-2-3-7-22(21)18-23/h4-5,8-15,18,33H,2-3,6-7,16-17,19H2,1H3. The van der Waals surface area contributed by atoms with Crippen LogP contribution in [0.3, 0.4) is 0 Å². The van der Waals surface area contributed by atoms with Crippen LogP contribution >= 0.6 is 0 Å². The highest BCUT2D eigenvalue weighted by Gasteiger charge is 2.50. The molecular weight excluding hydrogens is 426 g/mol. The van der Waals surface area contributed by atoms with Crippen LogP contribution in [0.15, 0.2) is 66.7 Å². The molecular formula is C29H29NO4. The first-order valence-electron chi connectivity index (χ1n) is 11.9. The van der Waals surface area contributed by atoms with Crippen molar-refractivity contribution in [1.82, 2.24) is 0 Å². The average molecular weight is 456 g/mol. The molecule has 1 amide bonds. The Morgan fingerprint density at radius 2 is 1.74 bits per heavy atom. The minimum absolute atomic E-state index is 0.225. The summed E-state index contributed by atoms with van der Waals surface area (Å²) in [6.07, 6.45) is 4.03. The minimum atomic E-state index is -1.88. The Labute approximate surface area is 200 Å². The maximum atomic E-state index is 13.4. The van der Waals surface area contributed by atoms with E-state index in [9.17, 15) is 14.7 Å². The summed E-state index contributed by atoms with van der Waals surface area (Å²) in [5, 5.41) is 11.5. The molecule has 5 rings (SSSR count). The molecule has 0 saturated carbocycles. The van der Waals surface area contributed by atoms with Crippen molar-refractivity contribution in [3.63, 3.8) is 0 Å². The lowest BCUT2D eigenvalue weighted by Gasteiger charge is -2.23. The highest BCUT2D eigenvalue weighted by atomic mass is 16.5. The van der Waals surface area contributed by atoms with Crippen molar-refractivity contribution in [3.8, 4) is 5.75 Å². The number of amides is 1. The van der Waals surface area contributed by atoms with Crippen molar-refractivity contribution in [2.24, 2.45) is 0 Å². The SMILES string of the molecule is Cc1ccc(OCCN2C(=O)C(O)(CC(=O)c3ccc4c(c3)CCCC4)c3ccccc32)cc1. The molecule has 5 heteroatoms. The van der Waals surface area contributed by atoms with E-state index in [1.54, 1.807) is 18.2 Å². The first kappa shape index (κ1) is 22.4. The Morgan fingerprint density at radius 1 is 1.00 bits per heavy atom. The predicted octanol–water partition coefficient (Wildman–Crippen LogP) is 4.76. The summed E-state index contributed by atoms with van der Waals surface area (Å²) in [6, 6.07) is 20.7. The third-order valence-corrected chi connectivity index (χ3v) is 6.93. The van der Waals surface area contributed by atoms with Crippen molar-refractivity contribution < 1.29 is 19.4 Å². The molecule has 0 spiro atoms. The molecule has 34 heavy (non-hydrogen) atoms. The molecule has 1 aliphatic carbocycles. The molecule has 1 heterocycles. The van der Waals surface area contributed by atoms with Gasteiger partial charge in [0.1, 0.15) is 12.4 Å². The Hall–Kier alpha value is -3.44. The number of ether oxygens (including phenoxy) is 1. The topological polar surface area (TPSA) is 66.8 Å². The second kappa shape index (κ2) is 9.07. The third kappa shape index (κ3) is 4.12. The number of benzene rings is 3. The maximum absolute atomic E-state index is 13.4. The predicted molar refractivity (Wildman–Crippen MR) is 131 cm³/mol. The summed E-state index contributed by atoms with van der Waals surface area (Å²) in [5.41, 5.74) is 3.42. The summed E-state index contributed by atoms with van der Waals surface area (Å²) < 4.78 is 5.82. The number of fused-ring (bicyclic) bond motifs is 2. The third-order valence-electron chi connectivity index (χ3n) is 6.93. The van der Waals surface area contributed by atoms with Gasteiger partial charge >= 0.3 is 0 Å². The van der Waals surface area contributed by atoms with Gasteiger partial charge in [-0.2, -0.15) is 0 Å². The van der Waals surface area contributed by atoms with E-state index in [1.807, 2.05) is 55.5 Å². The van der Waals surface area contributed by atoms with Crippen molar-refractivity contribution in [2.75, 3.05) is 18.1 Å². The molecule has 0 saturated heterocycles. The highest BCUT2D eigenvalue weighted by Crippen LogP contribution is 2.42. The van der Waals surface area contributed by atoms with E-state index in [-0.39, 0.29) is 25.4 Å². The van der Waals surface area contributed by atoms with Crippen LogP contribution in [-0.4, -0.2) is 29.9 Å². The Morgan fingerprint density at radius 3 is 2.53 bits per heavy atom. The molecule has 1 atom stereocenters. The molecule has 1 unspecified atom stereocenters. The van der Waals surface area contributed by atoms with Gasteiger partial charge in [-0.25, -0.2) is 0 Å². The van der Waals surface area contributed by atoms with Crippen LogP contribution in [0.1, 0.15) is 51.9 Å². The van der Waals surface area contributed by atoms with Crippen molar-refractivity contribution in [1.29, 1.82) is 0 Å². The van der Waals surface area contributed by atoms with Crippen LogP contribution in [0, 0.1) is 6.92 Å².